The molecule has 3 N–H and O–H groups in total. The van der Waals surface area contributed by atoms with Crippen LogP contribution in [-0.2, 0) is 27.2 Å². The molecule has 1 aliphatic heterocycles. The predicted molar refractivity (Wildman–Crippen MR) is 93.9 cm³/mol. The highest BCUT2D eigenvalue weighted by Crippen LogP contribution is 2.28. The molecule has 1 fully saturated rings. The Labute approximate surface area is 158 Å². The molecule has 13 heteroatoms. The Hall–Kier alpha value is -2.96. The number of H-pyrrole nitrogens is 1. The second-order valence-electron chi connectivity index (χ2n) is 5.57. The van der Waals surface area contributed by atoms with Gasteiger partial charge in [0.05, 0.1) is 5.92 Å². The lowest BCUT2D eigenvalue weighted by molar-refractivity contribution is -0.126. The molecule has 12 nitrogen and oxygen atoms in total. The highest BCUT2D eigenvalue weighted by atomic mass is 32.1. The molecule has 1 saturated heterocycles. The molecular formula is C14H20N8O4S. The molecule has 27 heavy (non-hydrogen) atoms. The van der Waals surface area contributed by atoms with Gasteiger partial charge in [-0.3, -0.25) is 19.3 Å². The molecule has 1 atom stereocenters. The molecule has 0 bridgehead atoms. The molecule has 0 radical (unpaired) electrons. The van der Waals surface area contributed by atoms with Crippen LogP contribution in [-0.4, -0.2) is 67.3 Å². The van der Waals surface area contributed by atoms with Gasteiger partial charge in [-0.2, -0.15) is 5.21 Å². The Kier molecular flexibility index (Phi) is 7.73. The average Bonchev–Trinajstić information content (AvgIpc) is 3.39. The molecule has 0 spiro atoms. The van der Waals surface area contributed by atoms with Gasteiger partial charge in [-0.15, -0.1) is 20.4 Å². The van der Waals surface area contributed by atoms with Crippen molar-refractivity contribution < 1.29 is 19.5 Å². The van der Waals surface area contributed by atoms with Crippen molar-refractivity contribution in [3.8, 4) is 0 Å². The number of aromatic amines is 1. The van der Waals surface area contributed by atoms with Gasteiger partial charge >= 0.3 is 0 Å². The lowest BCUT2D eigenvalue weighted by Crippen LogP contribution is -2.33. The number of hydrogen-bond donors (Lipinski definition) is 3. The number of tetrazole rings is 1. The minimum Gasteiger partial charge on any atom is -0.483 e. The van der Waals surface area contributed by atoms with Crippen molar-refractivity contribution in [2.45, 2.75) is 32.6 Å². The van der Waals surface area contributed by atoms with Gasteiger partial charge in [0, 0.05) is 25.9 Å². The number of carbonyl (C=O) groups is 3. The molecule has 2 amide bonds. The zero-order valence-electron chi connectivity index (χ0n) is 14.7. The fourth-order valence-corrected chi connectivity index (χ4v) is 3.26. The van der Waals surface area contributed by atoms with Crippen molar-refractivity contribution in [2.75, 3.05) is 18.0 Å². The van der Waals surface area contributed by atoms with Gasteiger partial charge in [-0.25, -0.2) is 0 Å². The van der Waals surface area contributed by atoms with Gasteiger partial charge in [-0.05, 0) is 12.8 Å². The summed E-state index contributed by atoms with van der Waals surface area (Å²) >= 11 is 1.40. The van der Waals surface area contributed by atoms with Crippen LogP contribution in [0.4, 0.5) is 5.13 Å². The molecule has 3 heterocycles. The van der Waals surface area contributed by atoms with Crippen molar-refractivity contribution in [3.05, 3.63) is 10.8 Å². The zero-order valence-corrected chi connectivity index (χ0v) is 15.5. The number of anilines is 1. The molecular weight excluding hydrogens is 376 g/mol. The maximum absolute atomic E-state index is 12.2. The van der Waals surface area contributed by atoms with Gasteiger partial charge in [0.15, 0.2) is 5.82 Å². The van der Waals surface area contributed by atoms with Gasteiger partial charge in [0.25, 0.3) is 6.47 Å². The molecule has 2 aromatic rings. The molecule has 0 aliphatic carbocycles. The van der Waals surface area contributed by atoms with E-state index in [0.717, 1.165) is 11.4 Å². The van der Waals surface area contributed by atoms with Crippen molar-refractivity contribution in [1.82, 2.24) is 36.1 Å². The Balaban J connectivity index is 0.000000817. The Morgan fingerprint density at radius 3 is 2.85 bits per heavy atom. The molecule has 146 valence electrons. The molecule has 1 aliphatic rings. The van der Waals surface area contributed by atoms with E-state index < -0.39 is 0 Å². The summed E-state index contributed by atoms with van der Waals surface area (Å²) < 4.78 is 0. The van der Waals surface area contributed by atoms with Gasteiger partial charge in [-0.1, -0.05) is 23.5 Å². The highest BCUT2D eigenvalue weighted by Gasteiger charge is 2.36. The number of carboxylic acid groups (broad SMARTS) is 1. The molecule has 0 aromatic carbocycles. The lowest BCUT2D eigenvalue weighted by Gasteiger charge is -2.12. The van der Waals surface area contributed by atoms with E-state index in [4.69, 9.17) is 9.90 Å². The summed E-state index contributed by atoms with van der Waals surface area (Å²) in [7, 11) is 0. The van der Waals surface area contributed by atoms with Crippen LogP contribution in [0.5, 0.6) is 0 Å². The summed E-state index contributed by atoms with van der Waals surface area (Å²) in [5.41, 5.74) is 0. The van der Waals surface area contributed by atoms with Crippen molar-refractivity contribution in [3.63, 3.8) is 0 Å². The minimum atomic E-state index is -0.350. The fraction of sp³-hybridized carbons (Fsp3) is 0.571. The number of carbonyl (C=O) groups excluding carboxylic acids is 2. The number of rotatable bonds is 7. The predicted octanol–water partition coefficient (Wildman–Crippen LogP) is -0.584. The maximum atomic E-state index is 12.2. The number of hydrogen-bond acceptors (Lipinski definition) is 9. The quantitative estimate of drug-likeness (QED) is 0.409. The van der Waals surface area contributed by atoms with E-state index in [1.165, 1.54) is 11.3 Å². The van der Waals surface area contributed by atoms with Crippen molar-refractivity contribution in [2.24, 2.45) is 5.92 Å². The largest absolute Gasteiger partial charge is 0.483 e. The average molecular weight is 396 g/mol. The first-order chi connectivity index (χ1) is 13.1. The number of nitrogens with one attached hydrogen (secondary N) is 2. The first-order valence-corrected chi connectivity index (χ1v) is 9.11. The normalized spacial score (nSPS) is 16.0. The topological polar surface area (TPSA) is 167 Å². The van der Waals surface area contributed by atoms with E-state index in [2.05, 4.69) is 36.1 Å². The fourth-order valence-electron chi connectivity index (χ4n) is 2.46. The number of amides is 2. The summed E-state index contributed by atoms with van der Waals surface area (Å²) in [6, 6.07) is 0. The summed E-state index contributed by atoms with van der Waals surface area (Å²) in [6.45, 7) is 2.60. The van der Waals surface area contributed by atoms with Crippen molar-refractivity contribution >= 4 is 34.8 Å². The zero-order chi connectivity index (χ0) is 19.6. The van der Waals surface area contributed by atoms with Crippen LogP contribution in [0.3, 0.4) is 0 Å². The van der Waals surface area contributed by atoms with Crippen LogP contribution in [0, 0.1) is 5.92 Å². The number of aryl methyl sites for hydroxylation is 2. The Morgan fingerprint density at radius 2 is 2.22 bits per heavy atom. The standard InChI is InChI=1S/C13H18N8O2S.CH2O2/c1-2-10-17-18-13(24-10)21-7-8(6-11(21)22)12(23)14-5-3-4-9-15-19-20-16-9;2-1-3/h8H,2-7H2,1H3,(H,14,23)(H,15,16,19,20);1H,(H,2,3). The molecule has 2 aromatic heterocycles. The van der Waals surface area contributed by atoms with Gasteiger partial charge in [0.1, 0.15) is 5.01 Å². The molecule has 0 saturated carbocycles. The second-order valence-corrected chi connectivity index (χ2v) is 6.61. The van der Waals surface area contributed by atoms with Crippen LogP contribution in [0.1, 0.15) is 30.6 Å². The van der Waals surface area contributed by atoms with Crippen LogP contribution in [0.15, 0.2) is 0 Å². The smallest absolute Gasteiger partial charge is 0.290 e. The SMILES string of the molecule is CCc1nnc(N2CC(C(=O)NCCCc3nn[nH]n3)CC2=O)s1.O=CO. The second kappa shape index (κ2) is 10.3. The van der Waals surface area contributed by atoms with Gasteiger partial charge < -0.3 is 10.4 Å². The Bertz CT molecular complexity index is 750. The lowest BCUT2D eigenvalue weighted by atomic mass is 10.1. The van der Waals surface area contributed by atoms with E-state index in [9.17, 15) is 9.59 Å². The van der Waals surface area contributed by atoms with E-state index in [0.29, 0.717) is 36.9 Å². The third-order valence-electron chi connectivity index (χ3n) is 3.75. The molecule has 1 unspecified atom stereocenters. The monoisotopic (exact) mass is 396 g/mol. The first kappa shape index (κ1) is 20.4. The first-order valence-electron chi connectivity index (χ1n) is 8.29. The summed E-state index contributed by atoms with van der Waals surface area (Å²) in [5, 5.41) is 32.8. The van der Waals surface area contributed by atoms with Crippen LogP contribution < -0.4 is 10.2 Å². The molecule has 3 rings (SSSR count). The minimum absolute atomic E-state index is 0.0826. The summed E-state index contributed by atoms with van der Waals surface area (Å²) in [5.74, 6) is 0.0751. The number of aromatic nitrogens is 6. The van der Waals surface area contributed by atoms with E-state index in [-0.39, 0.29) is 30.6 Å². The van der Waals surface area contributed by atoms with E-state index in [1.54, 1.807) is 4.90 Å². The van der Waals surface area contributed by atoms with E-state index in [1.807, 2.05) is 6.92 Å². The van der Waals surface area contributed by atoms with Crippen LogP contribution in [0.2, 0.25) is 0 Å². The summed E-state index contributed by atoms with van der Waals surface area (Å²) in [6.07, 6.45) is 2.34. The van der Waals surface area contributed by atoms with Crippen LogP contribution in [0.25, 0.3) is 0 Å². The number of nitrogens with zero attached hydrogens (tertiary/aromatic N) is 6. The third-order valence-corrected chi connectivity index (χ3v) is 4.84. The van der Waals surface area contributed by atoms with Gasteiger partial charge in [0.2, 0.25) is 16.9 Å². The van der Waals surface area contributed by atoms with Crippen LogP contribution >= 0.6 is 11.3 Å². The van der Waals surface area contributed by atoms with E-state index >= 15 is 0 Å². The Morgan fingerprint density at radius 1 is 1.44 bits per heavy atom. The van der Waals surface area contributed by atoms with Crippen molar-refractivity contribution in [1.29, 1.82) is 0 Å². The summed E-state index contributed by atoms with van der Waals surface area (Å²) in [4.78, 5) is 34.3. The highest BCUT2D eigenvalue weighted by molar-refractivity contribution is 7.15. The third kappa shape index (κ3) is 5.77. The maximum Gasteiger partial charge on any atom is 0.290 e.